The average molecular weight is 340 g/mol. The van der Waals surface area contributed by atoms with Gasteiger partial charge in [-0.1, -0.05) is 29.8 Å². The molecule has 0 bridgehead atoms. The summed E-state index contributed by atoms with van der Waals surface area (Å²) in [6.45, 7) is 7.10. The maximum atomic E-state index is 12.7. The number of aryl methyl sites for hydroxylation is 2. The summed E-state index contributed by atoms with van der Waals surface area (Å²) in [6, 6.07) is 12.8. The second-order valence-electron chi connectivity index (χ2n) is 6.55. The van der Waals surface area contributed by atoms with Gasteiger partial charge in [0.25, 0.3) is 0 Å². The lowest BCUT2D eigenvalue weighted by Crippen LogP contribution is -2.41. The highest BCUT2D eigenvalue weighted by molar-refractivity contribution is 6.14. The van der Waals surface area contributed by atoms with E-state index in [1.54, 1.807) is 32.0 Å². The second kappa shape index (κ2) is 7.38. The molecule has 2 N–H and O–H groups in total. The topological polar surface area (TPSA) is 67.4 Å². The number of hydrogen-bond acceptors (Lipinski definition) is 3. The molecule has 2 rings (SSSR count). The number of amides is 2. The van der Waals surface area contributed by atoms with E-state index in [-0.39, 0.29) is 5.91 Å². The van der Waals surface area contributed by atoms with Crippen LogP contribution in [0.2, 0.25) is 0 Å². The molecule has 0 atom stereocenters. The van der Waals surface area contributed by atoms with Crippen LogP contribution in [0.1, 0.15) is 25.0 Å². The van der Waals surface area contributed by atoms with E-state index < -0.39 is 11.3 Å². The predicted molar refractivity (Wildman–Crippen MR) is 100.0 cm³/mol. The van der Waals surface area contributed by atoms with E-state index in [1.165, 1.54) is 7.11 Å². The Labute approximate surface area is 148 Å². The fourth-order valence-electron chi connectivity index (χ4n) is 2.36. The fraction of sp³-hybridized carbons (Fsp3) is 0.300. The molecule has 2 aromatic rings. The van der Waals surface area contributed by atoms with E-state index in [2.05, 4.69) is 10.6 Å². The molecule has 0 saturated carbocycles. The Bertz CT molecular complexity index is 797. The summed E-state index contributed by atoms with van der Waals surface area (Å²) in [5.74, 6) is -0.229. The number of carbonyl (C=O) groups is 2. The summed E-state index contributed by atoms with van der Waals surface area (Å²) in [5, 5.41) is 5.61. The van der Waals surface area contributed by atoms with Gasteiger partial charge in [0.15, 0.2) is 0 Å². The van der Waals surface area contributed by atoms with Crippen LogP contribution < -0.4 is 15.4 Å². The van der Waals surface area contributed by atoms with Crippen LogP contribution in [-0.2, 0) is 9.59 Å². The highest BCUT2D eigenvalue weighted by atomic mass is 16.5. The number of hydrogen-bond donors (Lipinski definition) is 2. The Hall–Kier alpha value is -2.82. The van der Waals surface area contributed by atoms with Crippen molar-refractivity contribution in [2.75, 3.05) is 17.7 Å². The number of para-hydroxylation sites is 2. The first-order chi connectivity index (χ1) is 11.8. The van der Waals surface area contributed by atoms with Crippen LogP contribution in [0.15, 0.2) is 42.5 Å². The van der Waals surface area contributed by atoms with Gasteiger partial charge in [-0.05, 0) is 51.5 Å². The summed E-state index contributed by atoms with van der Waals surface area (Å²) < 4.78 is 5.23. The Morgan fingerprint density at radius 1 is 0.920 bits per heavy atom. The van der Waals surface area contributed by atoms with Gasteiger partial charge >= 0.3 is 0 Å². The Morgan fingerprint density at radius 3 is 2.12 bits per heavy atom. The molecule has 0 radical (unpaired) electrons. The minimum atomic E-state index is -1.25. The van der Waals surface area contributed by atoms with Gasteiger partial charge in [-0.2, -0.15) is 0 Å². The standard InChI is InChI=1S/C20H24N2O3/c1-13-10-11-15(14(2)12-13)21-18(23)20(3,4)19(24)22-16-8-6-7-9-17(16)25-5/h6-12H,1-5H3,(H,21,23)(H,22,24). The van der Waals surface area contributed by atoms with Gasteiger partial charge in [0.1, 0.15) is 11.2 Å². The Kier molecular flexibility index (Phi) is 5.47. The third kappa shape index (κ3) is 4.18. The molecule has 0 aliphatic rings. The molecule has 0 aliphatic carbocycles. The monoisotopic (exact) mass is 340 g/mol. The van der Waals surface area contributed by atoms with Crippen molar-refractivity contribution < 1.29 is 14.3 Å². The number of carbonyl (C=O) groups excluding carboxylic acids is 2. The molecular weight excluding hydrogens is 316 g/mol. The molecule has 25 heavy (non-hydrogen) atoms. The normalized spacial score (nSPS) is 10.9. The maximum Gasteiger partial charge on any atom is 0.239 e. The van der Waals surface area contributed by atoms with Crippen LogP contribution in [0.25, 0.3) is 0 Å². The first-order valence-corrected chi connectivity index (χ1v) is 8.09. The maximum absolute atomic E-state index is 12.7. The minimum Gasteiger partial charge on any atom is -0.495 e. The lowest BCUT2D eigenvalue weighted by atomic mass is 9.90. The number of rotatable bonds is 5. The first kappa shape index (κ1) is 18.5. The predicted octanol–water partition coefficient (Wildman–Crippen LogP) is 3.92. The third-order valence-electron chi connectivity index (χ3n) is 4.12. The van der Waals surface area contributed by atoms with E-state index in [0.29, 0.717) is 17.1 Å². The van der Waals surface area contributed by atoms with Gasteiger partial charge in [-0.3, -0.25) is 9.59 Å². The summed E-state index contributed by atoms with van der Waals surface area (Å²) in [7, 11) is 1.53. The molecular formula is C20H24N2O3. The Morgan fingerprint density at radius 2 is 1.52 bits per heavy atom. The van der Waals surface area contributed by atoms with E-state index in [4.69, 9.17) is 4.74 Å². The molecule has 5 heteroatoms. The van der Waals surface area contributed by atoms with Crippen molar-refractivity contribution >= 4 is 23.2 Å². The molecule has 0 fully saturated rings. The number of nitrogens with one attached hydrogen (secondary N) is 2. The fourth-order valence-corrected chi connectivity index (χ4v) is 2.36. The number of benzene rings is 2. The van der Waals surface area contributed by atoms with E-state index in [1.807, 2.05) is 38.1 Å². The van der Waals surface area contributed by atoms with Gasteiger partial charge in [-0.15, -0.1) is 0 Å². The number of methoxy groups -OCH3 is 1. The first-order valence-electron chi connectivity index (χ1n) is 8.09. The minimum absolute atomic E-state index is 0.369. The largest absolute Gasteiger partial charge is 0.495 e. The Balaban J connectivity index is 2.15. The number of anilines is 2. The molecule has 2 amide bonds. The lowest BCUT2D eigenvalue weighted by molar-refractivity contribution is -0.135. The molecule has 0 aromatic heterocycles. The molecule has 2 aromatic carbocycles. The van der Waals surface area contributed by atoms with Crippen LogP contribution in [0, 0.1) is 19.3 Å². The van der Waals surface area contributed by atoms with E-state index in [0.717, 1.165) is 11.1 Å². The van der Waals surface area contributed by atoms with Crippen molar-refractivity contribution in [2.45, 2.75) is 27.7 Å². The zero-order valence-electron chi connectivity index (χ0n) is 15.3. The quantitative estimate of drug-likeness (QED) is 0.811. The molecule has 0 aliphatic heterocycles. The summed E-state index contributed by atoms with van der Waals surface area (Å²) >= 11 is 0. The molecule has 132 valence electrons. The number of ether oxygens (including phenoxy) is 1. The van der Waals surface area contributed by atoms with Crippen molar-refractivity contribution in [3.63, 3.8) is 0 Å². The van der Waals surface area contributed by atoms with Gasteiger partial charge in [0.2, 0.25) is 11.8 Å². The zero-order chi connectivity index (χ0) is 18.6. The summed E-state index contributed by atoms with van der Waals surface area (Å²) in [4.78, 5) is 25.3. The third-order valence-corrected chi connectivity index (χ3v) is 4.12. The molecule has 0 saturated heterocycles. The van der Waals surface area contributed by atoms with E-state index in [9.17, 15) is 9.59 Å². The van der Waals surface area contributed by atoms with E-state index >= 15 is 0 Å². The lowest BCUT2D eigenvalue weighted by Gasteiger charge is -2.24. The van der Waals surface area contributed by atoms with Gasteiger partial charge in [-0.25, -0.2) is 0 Å². The SMILES string of the molecule is COc1ccccc1NC(=O)C(C)(C)C(=O)Nc1ccc(C)cc1C. The zero-order valence-corrected chi connectivity index (χ0v) is 15.3. The van der Waals surface area contributed by atoms with Crippen LogP contribution in [0.5, 0.6) is 5.75 Å². The van der Waals surface area contributed by atoms with Gasteiger partial charge in [0.05, 0.1) is 12.8 Å². The van der Waals surface area contributed by atoms with Crippen LogP contribution >= 0.6 is 0 Å². The van der Waals surface area contributed by atoms with Crippen molar-refractivity contribution in [1.82, 2.24) is 0 Å². The smallest absolute Gasteiger partial charge is 0.239 e. The van der Waals surface area contributed by atoms with Gasteiger partial charge in [0, 0.05) is 5.69 Å². The van der Waals surface area contributed by atoms with Crippen molar-refractivity contribution in [3.05, 3.63) is 53.6 Å². The summed E-state index contributed by atoms with van der Waals surface area (Å²) in [5.41, 5.74) is 2.05. The van der Waals surface area contributed by atoms with Crippen LogP contribution in [0.3, 0.4) is 0 Å². The molecule has 0 spiro atoms. The van der Waals surface area contributed by atoms with Crippen LogP contribution in [-0.4, -0.2) is 18.9 Å². The van der Waals surface area contributed by atoms with Crippen molar-refractivity contribution in [2.24, 2.45) is 5.41 Å². The highest BCUT2D eigenvalue weighted by Gasteiger charge is 2.36. The van der Waals surface area contributed by atoms with Crippen molar-refractivity contribution in [1.29, 1.82) is 0 Å². The highest BCUT2D eigenvalue weighted by Crippen LogP contribution is 2.27. The molecule has 5 nitrogen and oxygen atoms in total. The average Bonchev–Trinajstić information content (AvgIpc) is 2.57. The molecule has 0 unspecified atom stereocenters. The van der Waals surface area contributed by atoms with Crippen LogP contribution in [0.4, 0.5) is 11.4 Å². The molecule has 0 heterocycles. The summed E-state index contributed by atoms with van der Waals surface area (Å²) in [6.07, 6.45) is 0. The van der Waals surface area contributed by atoms with Crippen molar-refractivity contribution in [3.8, 4) is 5.75 Å². The van der Waals surface area contributed by atoms with Gasteiger partial charge < -0.3 is 15.4 Å². The second-order valence-corrected chi connectivity index (χ2v) is 6.55.